The first kappa shape index (κ1) is 14.5. The Bertz CT molecular complexity index is 391. The highest BCUT2D eigenvalue weighted by atomic mass is 15.3. The van der Waals surface area contributed by atoms with E-state index in [-0.39, 0.29) is 11.6 Å². The maximum atomic E-state index is 6.48. The number of likely N-dealkylation sites (tertiary alicyclic amines) is 1. The second kappa shape index (κ2) is 6.06. The van der Waals surface area contributed by atoms with E-state index in [2.05, 4.69) is 29.9 Å². The largest absolute Gasteiger partial charge is 0.326 e. The van der Waals surface area contributed by atoms with Crippen molar-refractivity contribution in [3.63, 3.8) is 0 Å². The Balaban J connectivity index is 1.90. The first-order valence-corrected chi connectivity index (χ1v) is 7.49. The van der Waals surface area contributed by atoms with E-state index >= 15 is 0 Å². The van der Waals surface area contributed by atoms with Crippen molar-refractivity contribution in [3.8, 4) is 0 Å². The molecule has 4 nitrogen and oxygen atoms in total. The van der Waals surface area contributed by atoms with E-state index in [0.717, 1.165) is 12.8 Å². The van der Waals surface area contributed by atoms with Crippen molar-refractivity contribution in [1.82, 2.24) is 14.7 Å². The van der Waals surface area contributed by atoms with Crippen LogP contribution >= 0.6 is 0 Å². The van der Waals surface area contributed by atoms with Crippen molar-refractivity contribution in [1.29, 1.82) is 0 Å². The van der Waals surface area contributed by atoms with Crippen LogP contribution in [0, 0.1) is 0 Å². The molecule has 108 valence electrons. The first-order chi connectivity index (χ1) is 9.01. The topological polar surface area (TPSA) is 47.1 Å². The zero-order chi connectivity index (χ0) is 13.9. The molecule has 0 aromatic carbocycles. The van der Waals surface area contributed by atoms with Crippen molar-refractivity contribution < 1.29 is 0 Å². The van der Waals surface area contributed by atoms with Crippen molar-refractivity contribution in [2.24, 2.45) is 12.8 Å². The number of aryl methyl sites for hydroxylation is 2. The Morgan fingerprint density at radius 3 is 2.58 bits per heavy atom. The van der Waals surface area contributed by atoms with Crippen LogP contribution in [0.3, 0.4) is 0 Å². The van der Waals surface area contributed by atoms with E-state index in [1.165, 1.54) is 38.0 Å². The van der Waals surface area contributed by atoms with Crippen LogP contribution in [-0.2, 0) is 13.5 Å². The van der Waals surface area contributed by atoms with Crippen LogP contribution in [0.5, 0.6) is 0 Å². The zero-order valence-electron chi connectivity index (χ0n) is 12.6. The summed E-state index contributed by atoms with van der Waals surface area (Å²) in [5, 5.41) is 4.21. The van der Waals surface area contributed by atoms with Crippen LogP contribution in [0.1, 0.15) is 45.2 Å². The average molecular weight is 264 g/mol. The smallest absolute Gasteiger partial charge is 0.0492 e. The fourth-order valence-corrected chi connectivity index (χ4v) is 3.01. The lowest BCUT2D eigenvalue weighted by molar-refractivity contribution is 0.0705. The average Bonchev–Trinajstić information content (AvgIpc) is 2.82. The standard InChI is InChI=1S/C15H28N4/c1-15(2,19-11-5-4-6-12-19)14(16)8-7-13-9-10-17-18(13)3/h9-10,14H,4-8,11-12,16H2,1-3H3. The van der Waals surface area contributed by atoms with Crippen LogP contribution < -0.4 is 5.73 Å². The molecule has 0 amide bonds. The molecule has 1 atom stereocenters. The lowest BCUT2D eigenvalue weighted by Gasteiger charge is -2.44. The van der Waals surface area contributed by atoms with Crippen molar-refractivity contribution in [2.45, 2.75) is 57.5 Å². The number of nitrogens with zero attached hydrogens (tertiary/aromatic N) is 3. The van der Waals surface area contributed by atoms with E-state index in [4.69, 9.17) is 5.73 Å². The highest BCUT2D eigenvalue weighted by molar-refractivity contribution is 5.02. The van der Waals surface area contributed by atoms with Gasteiger partial charge in [-0.3, -0.25) is 9.58 Å². The molecule has 4 heteroatoms. The molecule has 0 radical (unpaired) electrons. The number of rotatable bonds is 5. The molecule has 1 fully saturated rings. The molecule has 19 heavy (non-hydrogen) atoms. The quantitative estimate of drug-likeness (QED) is 0.884. The van der Waals surface area contributed by atoms with Crippen LogP contribution in [0.2, 0.25) is 0 Å². The van der Waals surface area contributed by atoms with Gasteiger partial charge in [0.1, 0.15) is 0 Å². The molecule has 1 aromatic rings. The fourth-order valence-electron chi connectivity index (χ4n) is 3.01. The van der Waals surface area contributed by atoms with Gasteiger partial charge in [-0.25, -0.2) is 0 Å². The van der Waals surface area contributed by atoms with E-state index in [9.17, 15) is 0 Å². The summed E-state index contributed by atoms with van der Waals surface area (Å²) in [4.78, 5) is 2.57. The molecule has 1 unspecified atom stereocenters. The number of hydrogen-bond acceptors (Lipinski definition) is 3. The van der Waals surface area contributed by atoms with Gasteiger partial charge in [-0.15, -0.1) is 0 Å². The number of hydrogen-bond donors (Lipinski definition) is 1. The normalized spacial score (nSPS) is 19.6. The summed E-state index contributed by atoms with van der Waals surface area (Å²) < 4.78 is 1.95. The molecule has 1 aromatic heterocycles. The first-order valence-electron chi connectivity index (χ1n) is 7.49. The summed E-state index contributed by atoms with van der Waals surface area (Å²) >= 11 is 0. The van der Waals surface area contributed by atoms with Gasteiger partial charge in [0.05, 0.1) is 0 Å². The molecular weight excluding hydrogens is 236 g/mol. The van der Waals surface area contributed by atoms with Crippen LogP contribution in [-0.4, -0.2) is 39.4 Å². The summed E-state index contributed by atoms with van der Waals surface area (Å²) in [6.45, 7) is 7.00. The monoisotopic (exact) mass is 264 g/mol. The maximum Gasteiger partial charge on any atom is 0.0492 e. The minimum atomic E-state index is 0.0962. The molecule has 1 aliphatic heterocycles. The number of nitrogens with two attached hydrogens (primary N) is 1. The van der Waals surface area contributed by atoms with Gasteiger partial charge in [-0.2, -0.15) is 5.10 Å². The molecular formula is C15H28N4. The molecule has 2 N–H and O–H groups in total. The molecule has 0 spiro atoms. The lowest BCUT2D eigenvalue weighted by Crippen LogP contribution is -2.57. The third kappa shape index (κ3) is 3.37. The van der Waals surface area contributed by atoms with Gasteiger partial charge in [0.25, 0.3) is 0 Å². The molecule has 0 bridgehead atoms. The van der Waals surface area contributed by atoms with Crippen molar-refractivity contribution in [3.05, 3.63) is 18.0 Å². The van der Waals surface area contributed by atoms with Crippen LogP contribution in [0.15, 0.2) is 12.3 Å². The third-order valence-electron chi connectivity index (χ3n) is 4.71. The highest BCUT2D eigenvalue weighted by Gasteiger charge is 2.33. The van der Waals surface area contributed by atoms with Gasteiger partial charge in [0, 0.05) is 30.5 Å². The summed E-state index contributed by atoms with van der Waals surface area (Å²) in [7, 11) is 2.00. The molecule has 1 saturated heterocycles. The Kier molecular flexibility index (Phi) is 4.63. The predicted octanol–water partition coefficient (Wildman–Crippen LogP) is 1.94. The SMILES string of the molecule is Cn1nccc1CCC(N)C(C)(C)N1CCCCC1. The minimum Gasteiger partial charge on any atom is -0.326 e. The van der Waals surface area contributed by atoms with Crippen LogP contribution in [0.25, 0.3) is 0 Å². The minimum absolute atomic E-state index is 0.0962. The van der Waals surface area contributed by atoms with E-state index < -0.39 is 0 Å². The van der Waals surface area contributed by atoms with E-state index in [0.29, 0.717) is 0 Å². The predicted molar refractivity (Wildman–Crippen MR) is 79.0 cm³/mol. The Morgan fingerprint density at radius 2 is 2.00 bits per heavy atom. The Labute approximate surface area is 117 Å². The molecule has 2 heterocycles. The van der Waals surface area contributed by atoms with Gasteiger partial charge in [-0.1, -0.05) is 6.42 Å². The van der Waals surface area contributed by atoms with Gasteiger partial charge < -0.3 is 5.73 Å². The summed E-state index contributed by atoms with van der Waals surface area (Å²) in [5.41, 5.74) is 7.84. The molecule has 0 saturated carbocycles. The summed E-state index contributed by atoms with van der Waals surface area (Å²) in [6, 6.07) is 2.29. The Morgan fingerprint density at radius 1 is 1.32 bits per heavy atom. The molecule has 2 rings (SSSR count). The molecule has 0 aliphatic carbocycles. The summed E-state index contributed by atoms with van der Waals surface area (Å²) in [5.74, 6) is 0. The zero-order valence-corrected chi connectivity index (χ0v) is 12.6. The van der Waals surface area contributed by atoms with Crippen molar-refractivity contribution in [2.75, 3.05) is 13.1 Å². The fraction of sp³-hybridized carbons (Fsp3) is 0.800. The van der Waals surface area contributed by atoms with Gasteiger partial charge in [0.15, 0.2) is 0 Å². The van der Waals surface area contributed by atoms with Gasteiger partial charge in [-0.05, 0) is 58.7 Å². The Hall–Kier alpha value is -0.870. The highest BCUT2D eigenvalue weighted by Crippen LogP contribution is 2.25. The lowest BCUT2D eigenvalue weighted by atomic mass is 9.87. The molecule has 1 aliphatic rings. The van der Waals surface area contributed by atoms with Gasteiger partial charge in [0.2, 0.25) is 0 Å². The third-order valence-corrected chi connectivity index (χ3v) is 4.71. The second-order valence-electron chi connectivity index (χ2n) is 6.29. The summed E-state index contributed by atoms with van der Waals surface area (Å²) in [6.07, 6.45) is 7.89. The van der Waals surface area contributed by atoms with Crippen molar-refractivity contribution >= 4 is 0 Å². The second-order valence-corrected chi connectivity index (χ2v) is 6.29. The maximum absolute atomic E-state index is 6.48. The van der Waals surface area contributed by atoms with Crippen LogP contribution in [0.4, 0.5) is 0 Å². The van der Waals surface area contributed by atoms with E-state index in [1.807, 2.05) is 17.9 Å². The van der Waals surface area contributed by atoms with E-state index in [1.54, 1.807) is 0 Å². The number of piperidine rings is 1. The van der Waals surface area contributed by atoms with Gasteiger partial charge >= 0.3 is 0 Å². The number of aromatic nitrogens is 2.